The molecule has 1 saturated carbocycles. The van der Waals surface area contributed by atoms with Crippen molar-refractivity contribution in [3.05, 3.63) is 46.4 Å². The highest BCUT2D eigenvalue weighted by Gasteiger charge is 2.53. The van der Waals surface area contributed by atoms with E-state index in [2.05, 4.69) is 57.1 Å². The van der Waals surface area contributed by atoms with Gasteiger partial charge in [0.1, 0.15) is 0 Å². The van der Waals surface area contributed by atoms with Crippen molar-refractivity contribution < 1.29 is 9.53 Å². The maximum Gasteiger partial charge on any atom is 0.209 e. The van der Waals surface area contributed by atoms with Crippen LogP contribution in [0.1, 0.15) is 84.2 Å². The molecular weight excluding hydrogens is 654 g/mol. The zero-order chi connectivity index (χ0) is 36.3. The van der Waals surface area contributed by atoms with E-state index in [0.717, 1.165) is 92.3 Å². The van der Waals surface area contributed by atoms with Crippen molar-refractivity contribution in [1.82, 2.24) is 24.9 Å². The molecule has 1 aliphatic carbocycles. The van der Waals surface area contributed by atoms with E-state index in [0.29, 0.717) is 16.3 Å². The number of halogens is 1. The lowest BCUT2D eigenvalue weighted by molar-refractivity contribution is -0.140. The number of nitrogens with two attached hydrogens (primary N) is 3. The minimum atomic E-state index is -0.228. The van der Waals surface area contributed by atoms with Crippen LogP contribution in [0.25, 0.3) is 11.1 Å². The average Bonchev–Trinajstić information content (AvgIpc) is 3.38. The van der Waals surface area contributed by atoms with Crippen molar-refractivity contribution in [3.8, 4) is 11.1 Å². The van der Waals surface area contributed by atoms with E-state index in [4.69, 9.17) is 32.6 Å². The van der Waals surface area contributed by atoms with Gasteiger partial charge in [-0.2, -0.15) is 15.3 Å². The van der Waals surface area contributed by atoms with E-state index in [1.807, 2.05) is 50.9 Å². The van der Waals surface area contributed by atoms with E-state index in [1.54, 1.807) is 13.3 Å². The molecule has 7 N–H and O–H groups in total. The summed E-state index contributed by atoms with van der Waals surface area (Å²) in [7, 11) is 1.71. The normalized spacial score (nSPS) is 19.6. The Labute approximate surface area is 302 Å². The molecular formula is C36H58ClN11O2. The molecule has 3 fully saturated rings. The Kier molecular flexibility index (Phi) is 13.0. The fourth-order valence-electron chi connectivity index (χ4n) is 7.26. The third-order valence-corrected chi connectivity index (χ3v) is 10.8. The van der Waals surface area contributed by atoms with Gasteiger partial charge in [-0.3, -0.25) is 21.2 Å². The number of likely N-dealkylation sites (tertiary alicyclic amines) is 1. The number of anilines is 3. The smallest absolute Gasteiger partial charge is 0.209 e. The predicted molar refractivity (Wildman–Crippen MR) is 205 cm³/mol. The van der Waals surface area contributed by atoms with Gasteiger partial charge >= 0.3 is 0 Å². The SMILES string of the molecule is C.CC[C@@]1(C)CN(c2ccnnc2)CCN1c1nn(C2CC3(C2)CN(C=O)C3)c(C)c1-c1c(Cl)c(C)cc(N)c1C=N.COC(C)(C)C.NN. The first kappa shape index (κ1) is 40.6. The summed E-state index contributed by atoms with van der Waals surface area (Å²) >= 11 is 7.05. The first-order valence-corrected chi connectivity index (χ1v) is 17.1. The van der Waals surface area contributed by atoms with E-state index in [-0.39, 0.29) is 30.0 Å². The van der Waals surface area contributed by atoms with Crippen LogP contribution >= 0.6 is 11.6 Å². The zero-order valence-electron chi connectivity index (χ0n) is 30.3. The highest BCUT2D eigenvalue weighted by Crippen LogP contribution is 2.55. The molecule has 50 heavy (non-hydrogen) atoms. The number of carbonyl (C=O) groups is 1. The predicted octanol–water partition coefficient (Wildman–Crippen LogP) is 5.37. The third kappa shape index (κ3) is 7.91. The van der Waals surface area contributed by atoms with Crippen molar-refractivity contribution in [2.45, 2.75) is 92.3 Å². The number of hydrogen-bond acceptors (Lipinski definition) is 11. The van der Waals surface area contributed by atoms with E-state index in [9.17, 15) is 4.79 Å². The Balaban J connectivity index is 0.000000682. The fraction of sp³-hybridized carbons (Fsp3) is 0.583. The van der Waals surface area contributed by atoms with Crippen molar-refractivity contribution in [1.29, 1.82) is 5.41 Å². The van der Waals surface area contributed by atoms with Gasteiger partial charge in [-0.1, -0.05) is 26.0 Å². The number of amides is 1. The van der Waals surface area contributed by atoms with Gasteiger partial charge in [-0.15, -0.1) is 0 Å². The van der Waals surface area contributed by atoms with Crippen LogP contribution in [-0.2, 0) is 9.53 Å². The molecule has 4 heterocycles. The summed E-state index contributed by atoms with van der Waals surface area (Å²) in [5.74, 6) is 8.89. The average molecular weight is 712 g/mol. The van der Waals surface area contributed by atoms with Gasteiger partial charge < -0.3 is 30.6 Å². The van der Waals surface area contributed by atoms with Crippen LogP contribution in [0.3, 0.4) is 0 Å². The molecule has 1 atom stereocenters. The van der Waals surface area contributed by atoms with Gasteiger partial charge in [0.2, 0.25) is 6.41 Å². The number of methoxy groups -OCH3 is 1. The van der Waals surface area contributed by atoms with Gasteiger partial charge in [0, 0.05) is 79.5 Å². The van der Waals surface area contributed by atoms with Crippen LogP contribution in [-0.4, -0.2) is 88.5 Å². The molecule has 1 aromatic carbocycles. The van der Waals surface area contributed by atoms with Crippen molar-refractivity contribution >= 4 is 41.4 Å². The number of piperazine rings is 1. The first-order chi connectivity index (χ1) is 23.2. The van der Waals surface area contributed by atoms with E-state index >= 15 is 0 Å². The van der Waals surface area contributed by atoms with Gasteiger partial charge in [0.05, 0.1) is 40.3 Å². The molecule has 1 amide bonds. The number of nitrogen functional groups attached to an aromatic ring is 1. The lowest BCUT2D eigenvalue weighted by Gasteiger charge is -2.58. The lowest BCUT2D eigenvalue weighted by atomic mass is 9.61. The van der Waals surface area contributed by atoms with Crippen LogP contribution in [0.2, 0.25) is 5.02 Å². The minimum absolute atomic E-state index is 0. The number of ether oxygens (including phenoxy) is 1. The molecule has 14 heteroatoms. The summed E-state index contributed by atoms with van der Waals surface area (Å²) in [6.07, 6.45) is 8.71. The molecule has 276 valence electrons. The quantitative estimate of drug-likeness (QED) is 0.0818. The minimum Gasteiger partial charge on any atom is -0.398 e. The molecule has 0 unspecified atom stereocenters. The highest BCUT2D eigenvalue weighted by atomic mass is 35.5. The number of benzene rings is 1. The fourth-order valence-corrected chi connectivity index (χ4v) is 7.51. The Morgan fingerprint density at radius 2 is 1.76 bits per heavy atom. The summed E-state index contributed by atoms with van der Waals surface area (Å²) in [6.45, 7) is 18.7. The maximum atomic E-state index is 11.2. The second kappa shape index (κ2) is 16.1. The summed E-state index contributed by atoms with van der Waals surface area (Å²) in [4.78, 5) is 17.9. The Bertz CT molecular complexity index is 1610. The number of nitrogens with one attached hydrogen (secondary N) is 1. The highest BCUT2D eigenvalue weighted by molar-refractivity contribution is 6.35. The lowest BCUT2D eigenvalue weighted by Crippen LogP contribution is -2.62. The summed E-state index contributed by atoms with van der Waals surface area (Å²) < 4.78 is 7.12. The van der Waals surface area contributed by atoms with Gasteiger partial charge in [0.25, 0.3) is 0 Å². The Morgan fingerprint density at radius 3 is 2.28 bits per heavy atom. The molecule has 3 aromatic rings. The first-order valence-electron chi connectivity index (χ1n) is 16.8. The zero-order valence-corrected chi connectivity index (χ0v) is 31.0. The van der Waals surface area contributed by atoms with Crippen LogP contribution in [0.4, 0.5) is 17.2 Å². The number of aromatic nitrogens is 4. The van der Waals surface area contributed by atoms with Crippen molar-refractivity contribution in [2.24, 2.45) is 17.1 Å². The van der Waals surface area contributed by atoms with Crippen LogP contribution < -0.4 is 27.2 Å². The monoisotopic (exact) mass is 711 g/mol. The van der Waals surface area contributed by atoms with Crippen molar-refractivity contribution in [2.75, 3.05) is 55.4 Å². The number of rotatable bonds is 7. The molecule has 3 aliphatic rings. The second-order valence-electron chi connectivity index (χ2n) is 14.7. The standard InChI is InChI=1S/C30H38ClN9O.C5H12O.CH4.H4N2/c1-5-29(4)15-38(21-6-7-34-35-14-21)8-9-39(29)28-25(26-23(13-32)24(33)10-19(2)27(26)31)20(3)40(36-28)22-11-30(12-22)16-37(17-30)18-41;1-5(2,3)6-4;;1-2/h6-7,10,13-14,18,22,32H,5,8-9,11-12,15-17,33H2,1-4H3;1-4H3;1H4;1-2H2/t29-;;;/m0.../s1. The maximum absolute atomic E-state index is 11.2. The Morgan fingerprint density at radius 1 is 1.12 bits per heavy atom. The molecule has 2 aromatic heterocycles. The van der Waals surface area contributed by atoms with Gasteiger partial charge in [-0.05, 0) is 78.5 Å². The van der Waals surface area contributed by atoms with Crippen LogP contribution in [0.5, 0.6) is 0 Å². The largest absolute Gasteiger partial charge is 0.398 e. The Hall–Kier alpha value is -3.78. The van der Waals surface area contributed by atoms with E-state index < -0.39 is 0 Å². The second-order valence-corrected chi connectivity index (χ2v) is 15.0. The molecule has 0 bridgehead atoms. The molecule has 2 saturated heterocycles. The molecule has 13 nitrogen and oxygen atoms in total. The number of aryl methyl sites for hydroxylation is 1. The molecule has 2 aliphatic heterocycles. The van der Waals surface area contributed by atoms with E-state index in [1.165, 1.54) is 6.21 Å². The van der Waals surface area contributed by atoms with Crippen LogP contribution in [0, 0.1) is 24.7 Å². The third-order valence-electron chi connectivity index (χ3n) is 10.3. The topological polar surface area (TPSA) is 182 Å². The number of hydrogen-bond donors (Lipinski definition) is 4. The van der Waals surface area contributed by atoms with Crippen LogP contribution in [0.15, 0.2) is 24.5 Å². The molecule has 0 radical (unpaired) electrons. The number of carbonyl (C=O) groups excluding carboxylic acids is 1. The number of nitrogens with zero attached hydrogens (tertiary/aromatic N) is 7. The summed E-state index contributed by atoms with van der Waals surface area (Å²) in [5.41, 5.74) is 12.3. The molecule has 6 rings (SSSR count). The van der Waals surface area contributed by atoms with Gasteiger partial charge in [0.15, 0.2) is 5.82 Å². The number of hydrazine groups is 1. The summed E-state index contributed by atoms with van der Waals surface area (Å²) in [6, 6.07) is 4.10. The van der Waals surface area contributed by atoms with Gasteiger partial charge in [-0.25, -0.2) is 0 Å². The summed E-state index contributed by atoms with van der Waals surface area (Å²) in [5, 5.41) is 22.3. The molecule has 1 spiro atoms. The van der Waals surface area contributed by atoms with Crippen molar-refractivity contribution in [3.63, 3.8) is 0 Å².